The van der Waals surface area contributed by atoms with Crippen LogP contribution in [0.1, 0.15) is 11.1 Å². The standard InChI is InChI=1S/C54H30F4N4/c55-39-27-45(37-11-7-9-33(25-37)31-59)53(47(57)29-39)61(41-13-3-1-4-14-41)49-23-19-35-18-22-44-50(24-20-36-17-21-43(49)51(35)52(36)44)62(42-15-5-2-6-16-42)54-46(28-40(56)30-48(54)58)38-12-8-10-34(26-38)32-60/h1-30H. The zero-order valence-electron chi connectivity index (χ0n) is 32.6. The minimum absolute atomic E-state index is 0.0958. The van der Waals surface area contributed by atoms with E-state index in [9.17, 15) is 10.5 Å². The summed E-state index contributed by atoms with van der Waals surface area (Å²) in [6, 6.07) is 56.1. The van der Waals surface area contributed by atoms with Crippen LogP contribution in [0, 0.1) is 45.9 Å². The van der Waals surface area contributed by atoms with Crippen molar-refractivity contribution in [3.05, 3.63) is 216 Å². The zero-order chi connectivity index (χ0) is 42.5. The lowest BCUT2D eigenvalue weighted by molar-refractivity contribution is 0.584. The molecule has 0 aliphatic heterocycles. The summed E-state index contributed by atoms with van der Waals surface area (Å²) in [7, 11) is 0. The van der Waals surface area contributed by atoms with Crippen LogP contribution < -0.4 is 9.80 Å². The van der Waals surface area contributed by atoms with E-state index >= 15 is 17.6 Å². The first-order valence-electron chi connectivity index (χ1n) is 19.7. The second kappa shape index (κ2) is 15.3. The van der Waals surface area contributed by atoms with Crippen LogP contribution in [-0.4, -0.2) is 0 Å². The highest BCUT2D eigenvalue weighted by Crippen LogP contribution is 2.51. The van der Waals surface area contributed by atoms with Gasteiger partial charge in [0.25, 0.3) is 0 Å². The van der Waals surface area contributed by atoms with Crippen molar-refractivity contribution in [2.24, 2.45) is 0 Å². The van der Waals surface area contributed by atoms with Crippen LogP contribution in [0.15, 0.2) is 182 Å². The van der Waals surface area contributed by atoms with Crippen molar-refractivity contribution in [2.45, 2.75) is 0 Å². The Kier molecular flexibility index (Phi) is 9.32. The summed E-state index contributed by atoms with van der Waals surface area (Å²) < 4.78 is 63.9. The van der Waals surface area contributed by atoms with Gasteiger partial charge in [-0.3, -0.25) is 0 Å². The van der Waals surface area contributed by atoms with Gasteiger partial charge in [-0.2, -0.15) is 10.5 Å². The third-order valence-corrected chi connectivity index (χ3v) is 11.2. The summed E-state index contributed by atoms with van der Waals surface area (Å²) in [6.45, 7) is 0. The van der Waals surface area contributed by atoms with E-state index in [1.165, 1.54) is 12.1 Å². The minimum Gasteiger partial charge on any atom is -0.307 e. The first-order chi connectivity index (χ1) is 30.3. The van der Waals surface area contributed by atoms with E-state index in [0.717, 1.165) is 44.5 Å². The van der Waals surface area contributed by atoms with Crippen LogP contribution >= 0.6 is 0 Å². The van der Waals surface area contributed by atoms with E-state index in [4.69, 9.17) is 0 Å². The number of anilines is 6. The molecule has 294 valence electrons. The Morgan fingerprint density at radius 3 is 1.19 bits per heavy atom. The molecule has 10 rings (SSSR count). The van der Waals surface area contributed by atoms with Gasteiger partial charge in [0.05, 0.1) is 46.0 Å². The van der Waals surface area contributed by atoms with Gasteiger partial charge in [0.2, 0.25) is 0 Å². The van der Waals surface area contributed by atoms with E-state index in [1.54, 1.807) is 58.3 Å². The van der Waals surface area contributed by atoms with Gasteiger partial charge in [0, 0.05) is 45.4 Å². The molecule has 8 heteroatoms. The SMILES string of the molecule is N#Cc1cccc(-c2cc(F)cc(F)c2N(c2ccccc2)c2ccc3ccc4c(N(c5ccccc5)c5c(F)cc(F)cc5-c5cccc(C#N)c5)ccc5ccc2c3c54)c1. The van der Waals surface area contributed by atoms with Gasteiger partial charge < -0.3 is 9.80 Å². The highest BCUT2D eigenvalue weighted by molar-refractivity contribution is 6.28. The molecule has 0 radical (unpaired) electrons. The number of halogens is 4. The number of benzene rings is 10. The first kappa shape index (κ1) is 37.8. The molecule has 0 N–H and O–H groups in total. The molecule has 0 unspecified atom stereocenters. The number of rotatable bonds is 8. The smallest absolute Gasteiger partial charge is 0.150 e. The van der Waals surface area contributed by atoms with Gasteiger partial charge in [0.1, 0.15) is 11.6 Å². The molecule has 0 aromatic heterocycles. The highest BCUT2D eigenvalue weighted by atomic mass is 19.1. The fourth-order valence-electron chi connectivity index (χ4n) is 8.63. The second-order valence-electron chi connectivity index (χ2n) is 14.9. The van der Waals surface area contributed by atoms with E-state index < -0.39 is 23.3 Å². The molecule has 0 amide bonds. The second-order valence-corrected chi connectivity index (χ2v) is 14.9. The van der Waals surface area contributed by atoms with Crippen LogP contribution in [-0.2, 0) is 0 Å². The lowest BCUT2D eigenvalue weighted by Gasteiger charge is -2.31. The molecule has 10 aromatic carbocycles. The Morgan fingerprint density at radius 1 is 0.387 bits per heavy atom. The van der Waals surface area contributed by atoms with Crippen LogP contribution in [0.5, 0.6) is 0 Å². The Morgan fingerprint density at radius 2 is 0.790 bits per heavy atom. The maximum atomic E-state index is 16.7. The van der Waals surface area contributed by atoms with Crippen molar-refractivity contribution in [3.63, 3.8) is 0 Å². The first-order valence-corrected chi connectivity index (χ1v) is 19.7. The molecule has 0 spiro atoms. The molecule has 0 saturated carbocycles. The molecule has 0 atom stereocenters. The lowest BCUT2D eigenvalue weighted by atomic mass is 9.91. The normalized spacial score (nSPS) is 11.2. The molecule has 0 fully saturated rings. The number of nitrogens with zero attached hydrogens (tertiary/aromatic N) is 4. The van der Waals surface area contributed by atoms with Crippen molar-refractivity contribution in [2.75, 3.05) is 9.80 Å². The van der Waals surface area contributed by atoms with Crippen molar-refractivity contribution in [1.29, 1.82) is 10.5 Å². The lowest BCUT2D eigenvalue weighted by Crippen LogP contribution is -2.15. The van der Waals surface area contributed by atoms with E-state index in [-0.39, 0.29) is 22.5 Å². The number of nitriles is 2. The Hall–Kier alpha value is -8.46. The van der Waals surface area contributed by atoms with Gasteiger partial charge in [0.15, 0.2) is 11.6 Å². The van der Waals surface area contributed by atoms with E-state index in [0.29, 0.717) is 45.0 Å². The third-order valence-electron chi connectivity index (χ3n) is 11.2. The van der Waals surface area contributed by atoms with Gasteiger partial charge in [-0.25, -0.2) is 17.6 Å². The third kappa shape index (κ3) is 6.39. The number of para-hydroxylation sites is 2. The largest absolute Gasteiger partial charge is 0.307 e. The van der Waals surface area contributed by atoms with Crippen molar-refractivity contribution < 1.29 is 17.6 Å². The van der Waals surface area contributed by atoms with Crippen LogP contribution in [0.25, 0.3) is 54.6 Å². The average Bonchev–Trinajstić information content (AvgIpc) is 3.30. The molecule has 4 nitrogen and oxygen atoms in total. The molecule has 0 saturated heterocycles. The Labute approximate surface area is 353 Å². The fraction of sp³-hybridized carbons (Fsp3) is 0. The summed E-state index contributed by atoms with van der Waals surface area (Å²) in [5, 5.41) is 24.5. The van der Waals surface area contributed by atoms with Gasteiger partial charge in [-0.15, -0.1) is 0 Å². The fourth-order valence-corrected chi connectivity index (χ4v) is 8.63. The molecular formula is C54H30F4N4. The summed E-state index contributed by atoms with van der Waals surface area (Å²) in [5.74, 6) is -3.12. The molecule has 62 heavy (non-hydrogen) atoms. The maximum Gasteiger partial charge on any atom is 0.150 e. The zero-order valence-corrected chi connectivity index (χ0v) is 32.6. The van der Waals surface area contributed by atoms with Crippen molar-refractivity contribution in [1.82, 2.24) is 0 Å². The Bertz CT molecular complexity index is 3220. The quantitative estimate of drug-likeness (QED) is 0.113. The molecule has 10 aromatic rings. The highest BCUT2D eigenvalue weighted by Gasteiger charge is 2.28. The molecule has 0 aliphatic rings. The molecule has 0 bridgehead atoms. The van der Waals surface area contributed by atoms with Crippen molar-refractivity contribution in [3.8, 4) is 34.4 Å². The summed E-state index contributed by atoms with van der Waals surface area (Å²) in [6.07, 6.45) is 0. The van der Waals surface area contributed by atoms with Gasteiger partial charge in [-0.1, -0.05) is 97.1 Å². The predicted molar refractivity (Wildman–Crippen MR) is 240 cm³/mol. The average molecular weight is 811 g/mol. The van der Waals surface area contributed by atoms with Gasteiger partial charge in [-0.05, 0) is 105 Å². The van der Waals surface area contributed by atoms with Crippen LogP contribution in [0.2, 0.25) is 0 Å². The monoisotopic (exact) mass is 810 g/mol. The number of hydrogen-bond donors (Lipinski definition) is 0. The predicted octanol–water partition coefficient (Wildman–Crippen LogP) is 15.2. The minimum atomic E-state index is -0.796. The van der Waals surface area contributed by atoms with Crippen molar-refractivity contribution >= 4 is 66.4 Å². The van der Waals surface area contributed by atoms with Crippen LogP contribution in [0.3, 0.4) is 0 Å². The topological polar surface area (TPSA) is 54.1 Å². The summed E-state index contributed by atoms with van der Waals surface area (Å²) in [5.41, 5.74) is 4.76. The summed E-state index contributed by atoms with van der Waals surface area (Å²) in [4.78, 5) is 3.56. The van der Waals surface area contributed by atoms with Gasteiger partial charge >= 0.3 is 0 Å². The molecule has 0 aliphatic carbocycles. The molecular weight excluding hydrogens is 781 g/mol. The Balaban J connectivity index is 1.26. The van der Waals surface area contributed by atoms with E-state index in [2.05, 4.69) is 12.1 Å². The van der Waals surface area contributed by atoms with E-state index in [1.807, 2.05) is 109 Å². The number of hydrogen-bond acceptors (Lipinski definition) is 4. The summed E-state index contributed by atoms with van der Waals surface area (Å²) >= 11 is 0. The maximum absolute atomic E-state index is 16.7. The van der Waals surface area contributed by atoms with Crippen LogP contribution in [0.4, 0.5) is 51.7 Å². The molecule has 0 heterocycles.